The number of fused-ring (bicyclic) bond motifs is 2. The van der Waals surface area contributed by atoms with E-state index in [4.69, 9.17) is 9.47 Å². The van der Waals surface area contributed by atoms with Crippen LogP contribution in [0.15, 0.2) is 97.1 Å². The standard InChI is InChI=1S/C29H18N2O6/c32-30(33)23-11-13-27-21(15-23)17-25(19-7-3-1-4-8-19)29(36-27)26(20-9-5-2-6-10-20)18-22-16-24(31(34)35)12-14-28(22)37-29/h1-18H. The highest BCUT2D eigenvalue weighted by Crippen LogP contribution is 2.52. The van der Waals surface area contributed by atoms with Crippen molar-refractivity contribution >= 4 is 34.7 Å². The minimum absolute atomic E-state index is 0.0528. The number of nitrogens with zero attached hydrogens (tertiary/aromatic N) is 2. The quantitative estimate of drug-likeness (QED) is 0.231. The van der Waals surface area contributed by atoms with E-state index < -0.39 is 15.6 Å². The molecule has 0 bridgehead atoms. The maximum atomic E-state index is 11.4. The van der Waals surface area contributed by atoms with Gasteiger partial charge in [-0.3, -0.25) is 20.2 Å². The predicted octanol–water partition coefficient (Wildman–Crippen LogP) is 6.77. The molecule has 0 amide bonds. The Morgan fingerprint density at radius 1 is 0.568 bits per heavy atom. The van der Waals surface area contributed by atoms with E-state index in [0.29, 0.717) is 33.8 Å². The zero-order chi connectivity index (χ0) is 25.6. The van der Waals surface area contributed by atoms with Crippen LogP contribution in [0.4, 0.5) is 11.4 Å². The van der Waals surface area contributed by atoms with Gasteiger partial charge >= 0.3 is 5.79 Å². The zero-order valence-electron chi connectivity index (χ0n) is 19.2. The Morgan fingerprint density at radius 3 is 1.35 bits per heavy atom. The molecule has 8 heteroatoms. The summed E-state index contributed by atoms with van der Waals surface area (Å²) in [6.45, 7) is 0. The molecule has 0 fully saturated rings. The van der Waals surface area contributed by atoms with Gasteiger partial charge in [0.15, 0.2) is 0 Å². The molecule has 0 aliphatic carbocycles. The van der Waals surface area contributed by atoms with Gasteiger partial charge in [-0.2, -0.15) is 0 Å². The number of rotatable bonds is 4. The third-order valence-electron chi connectivity index (χ3n) is 6.39. The molecule has 2 aliphatic heterocycles. The lowest BCUT2D eigenvalue weighted by atomic mass is 9.82. The second-order valence-electron chi connectivity index (χ2n) is 8.63. The molecule has 1 spiro atoms. The number of benzene rings is 4. The van der Waals surface area contributed by atoms with Crippen molar-refractivity contribution in [2.24, 2.45) is 0 Å². The van der Waals surface area contributed by atoms with Gasteiger partial charge in [-0.25, -0.2) is 0 Å². The Morgan fingerprint density at radius 2 is 0.973 bits per heavy atom. The molecule has 2 heterocycles. The zero-order valence-corrected chi connectivity index (χ0v) is 19.2. The number of hydrogen-bond acceptors (Lipinski definition) is 6. The van der Waals surface area contributed by atoms with Gasteiger partial charge in [0.05, 0.1) is 9.85 Å². The van der Waals surface area contributed by atoms with Gasteiger partial charge in [-0.15, -0.1) is 0 Å². The van der Waals surface area contributed by atoms with Gasteiger partial charge in [-0.05, 0) is 35.4 Å². The molecular weight excluding hydrogens is 472 g/mol. The van der Waals surface area contributed by atoms with Crippen LogP contribution in [-0.2, 0) is 0 Å². The number of nitro benzene ring substituents is 2. The van der Waals surface area contributed by atoms with E-state index in [-0.39, 0.29) is 11.4 Å². The normalized spacial score (nSPS) is 14.8. The molecule has 2 aliphatic rings. The average Bonchev–Trinajstić information content (AvgIpc) is 2.92. The van der Waals surface area contributed by atoms with Gasteiger partial charge in [0.25, 0.3) is 11.4 Å². The Hall–Kier alpha value is -5.24. The van der Waals surface area contributed by atoms with Crippen LogP contribution >= 0.6 is 0 Å². The third kappa shape index (κ3) is 3.71. The molecule has 0 atom stereocenters. The van der Waals surface area contributed by atoms with Crippen molar-refractivity contribution in [2.45, 2.75) is 5.79 Å². The number of ether oxygens (including phenoxy) is 2. The van der Waals surface area contributed by atoms with Gasteiger partial charge < -0.3 is 9.47 Å². The first-order valence-corrected chi connectivity index (χ1v) is 11.4. The highest BCUT2D eigenvalue weighted by molar-refractivity contribution is 6.03. The van der Waals surface area contributed by atoms with Crippen LogP contribution in [0.1, 0.15) is 22.3 Å². The van der Waals surface area contributed by atoms with Gasteiger partial charge in [0.1, 0.15) is 11.5 Å². The summed E-state index contributed by atoms with van der Waals surface area (Å²) in [4.78, 5) is 22.0. The summed E-state index contributed by atoms with van der Waals surface area (Å²) in [5.41, 5.74) is 3.86. The summed E-state index contributed by atoms with van der Waals surface area (Å²) in [6, 6.07) is 27.8. The van der Waals surface area contributed by atoms with Crippen molar-refractivity contribution in [1.82, 2.24) is 0 Å². The summed E-state index contributed by atoms with van der Waals surface area (Å²) in [7, 11) is 0. The van der Waals surface area contributed by atoms with Gasteiger partial charge in [0, 0.05) is 46.5 Å². The second-order valence-corrected chi connectivity index (χ2v) is 8.63. The lowest BCUT2D eigenvalue weighted by molar-refractivity contribution is -0.385. The van der Waals surface area contributed by atoms with E-state index in [1.807, 2.05) is 72.8 Å². The maximum Gasteiger partial charge on any atom is 0.306 e. The highest BCUT2D eigenvalue weighted by Gasteiger charge is 2.49. The molecule has 0 radical (unpaired) electrons. The number of nitro groups is 2. The van der Waals surface area contributed by atoms with Crippen LogP contribution in [0.25, 0.3) is 23.3 Å². The fraction of sp³-hybridized carbons (Fsp3) is 0.0345. The Bertz CT molecular complexity index is 1500. The Kier molecular flexibility index (Phi) is 5.08. The van der Waals surface area contributed by atoms with Crippen LogP contribution < -0.4 is 9.47 Å². The summed E-state index contributed by atoms with van der Waals surface area (Å²) in [6.07, 6.45) is 3.68. The maximum absolute atomic E-state index is 11.4. The largest absolute Gasteiger partial charge is 0.444 e. The van der Waals surface area contributed by atoms with E-state index in [0.717, 1.165) is 11.1 Å². The highest BCUT2D eigenvalue weighted by atomic mass is 16.7. The summed E-state index contributed by atoms with van der Waals surface area (Å²) in [5.74, 6) is -0.635. The van der Waals surface area contributed by atoms with Crippen LogP contribution in [0.2, 0.25) is 0 Å². The van der Waals surface area contributed by atoms with E-state index in [1.54, 1.807) is 12.1 Å². The summed E-state index contributed by atoms with van der Waals surface area (Å²) < 4.78 is 13.3. The molecule has 4 aromatic rings. The average molecular weight is 490 g/mol. The molecule has 0 saturated carbocycles. The topological polar surface area (TPSA) is 105 Å². The SMILES string of the molecule is O=[N+]([O-])c1ccc2c(c1)C=C(c1ccccc1)C1(O2)Oc2ccc([N+](=O)[O-])cc2C=C1c1ccccc1. The predicted molar refractivity (Wildman–Crippen MR) is 139 cm³/mol. The molecule has 37 heavy (non-hydrogen) atoms. The van der Waals surface area contributed by atoms with E-state index in [1.165, 1.54) is 24.3 Å². The Labute approximate surface area is 211 Å². The molecule has 4 aromatic carbocycles. The fourth-order valence-electron chi connectivity index (χ4n) is 4.69. The monoisotopic (exact) mass is 490 g/mol. The van der Waals surface area contributed by atoms with E-state index in [2.05, 4.69) is 0 Å². The van der Waals surface area contributed by atoms with Crippen LogP contribution in [-0.4, -0.2) is 15.6 Å². The third-order valence-corrected chi connectivity index (χ3v) is 6.39. The first-order valence-electron chi connectivity index (χ1n) is 11.4. The number of non-ortho nitro benzene ring substituents is 2. The molecule has 8 nitrogen and oxygen atoms in total. The minimum atomic E-state index is -1.46. The van der Waals surface area contributed by atoms with Crippen molar-refractivity contribution in [2.75, 3.05) is 0 Å². The van der Waals surface area contributed by atoms with Crippen LogP contribution in [0, 0.1) is 20.2 Å². The molecule has 0 N–H and O–H groups in total. The molecule has 0 unspecified atom stereocenters. The van der Waals surface area contributed by atoms with Crippen LogP contribution in [0.3, 0.4) is 0 Å². The van der Waals surface area contributed by atoms with Gasteiger partial charge in [-0.1, -0.05) is 60.7 Å². The Balaban J connectivity index is 1.64. The van der Waals surface area contributed by atoms with E-state index in [9.17, 15) is 20.2 Å². The molecular formula is C29H18N2O6. The fourth-order valence-corrected chi connectivity index (χ4v) is 4.69. The van der Waals surface area contributed by atoms with Crippen molar-refractivity contribution in [3.8, 4) is 11.5 Å². The van der Waals surface area contributed by atoms with Crippen molar-refractivity contribution in [3.05, 3.63) is 140 Å². The van der Waals surface area contributed by atoms with E-state index >= 15 is 0 Å². The molecule has 0 saturated heterocycles. The minimum Gasteiger partial charge on any atom is -0.444 e. The summed E-state index contributed by atoms with van der Waals surface area (Å²) >= 11 is 0. The van der Waals surface area contributed by atoms with Gasteiger partial charge in [0.2, 0.25) is 0 Å². The molecule has 180 valence electrons. The smallest absolute Gasteiger partial charge is 0.306 e. The summed E-state index contributed by atoms with van der Waals surface area (Å²) in [5, 5.41) is 22.9. The molecule has 0 aromatic heterocycles. The van der Waals surface area contributed by atoms with Crippen LogP contribution in [0.5, 0.6) is 11.5 Å². The van der Waals surface area contributed by atoms with Crippen molar-refractivity contribution in [1.29, 1.82) is 0 Å². The second kappa shape index (κ2) is 8.46. The number of hydrogen-bond donors (Lipinski definition) is 0. The first-order chi connectivity index (χ1) is 17.9. The lowest BCUT2D eigenvalue weighted by Crippen LogP contribution is -2.47. The first kappa shape index (κ1) is 22.2. The lowest BCUT2D eigenvalue weighted by Gasteiger charge is -2.43. The van der Waals surface area contributed by atoms with Crippen molar-refractivity contribution < 1.29 is 19.3 Å². The van der Waals surface area contributed by atoms with Crippen molar-refractivity contribution in [3.63, 3.8) is 0 Å². The molecule has 6 rings (SSSR count).